The Hall–Kier alpha value is -2.18. The zero-order valence-corrected chi connectivity index (χ0v) is 12.0. The molecule has 0 saturated carbocycles. The van der Waals surface area contributed by atoms with E-state index in [1.807, 2.05) is 0 Å². The monoisotopic (exact) mass is 296 g/mol. The Labute approximate surface area is 121 Å². The summed E-state index contributed by atoms with van der Waals surface area (Å²) in [5.74, 6) is -1.23. The van der Waals surface area contributed by atoms with E-state index in [9.17, 15) is 19.3 Å². The number of anilines is 1. The molecular weight excluding hydrogens is 279 g/mol. The van der Waals surface area contributed by atoms with Crippen molar-refractivity contribution in [2.75, 3.05) is 25.1 Å². The van der Waals surface area contributed by atoms with Gasteiger partial charge in [0.2, 0.25) is 0 Å². The average molecular weight is 296 g/mol. The summed E-state index contributed by atoms with van der Waals surface area (Å²) in [6.07, 6.45) is 1.42. The Balaban J connectivity index is 2.34. The molecule has 0 amide bonds. The molecule has 7 heteroatoms. The van der Waals surface area contributed by atoms with Crippen molar-refractivity contribution in [2.45, 2.75) is 19.8 Å². The summed E-state index contributed by atoms with van der Waals surface area (Å²) < 4.78 is 18.3. The van der Waals surface area contributed by atoms with Gasteiger partial charge in [0.05, 0.1) is 24.0 Å². The van der Waals surface area contributed by atoms with E-state index >= 15 is 0 Å². The smallest absolute Gasteiger partial charge is 0.310 e. The number of nitro benzene ring substituents is 1. The lowest BCUT2D eigenvalue weighted by atomic mass is 9.97. The minimum absolute atomic E-state index is 0.274. The number of halogens is 1. The minimum Gasteiger partial charge on any atom is -0.469 e. The number of hydrogen-bond acceptors (Lipinski definition) is 5. The lowest BCUT2D eigenvalue weighted by Gasteiger charge is -2.32. The summed E-state index contributed by atoms with van der Waals surface area (Å²) in [7, 11) is 1.33. The first-order valence-electron chi connectivity index (χ1n) is 6.71. The van der Waals surface area contributed by atoms with Gasteiger partial charge in [0.25, 0.3) is 5.69 Å². The van der Waals surface area contributed by atoms with Crippen molar-refractivity contribution in [2.24, 2.45) is 5.92 Å². The maximum atomic E-state index is 13.5. The maximum Gasteiger partial charge on any atom is 0.310 e. The van der Waals surface area contributed by atoms with Crippen LogP contribution in [0.1, 0.15) is 18.4 Å². The van der Waals surface area contributed by atoms with Gasteiger partial charge >= 0.3 is 5.97 Å². The molecule has 1 atom stereocenters. The Morgan fingerprint density at radius 1 is 1.52 bits per heavy atom. The molecule has 0 N–H and O–H groups in total. The van der Waals surface area contributed by atoms with Crippen LogP contribution in [0.5, 0.6) is 0 Å². The molecule has 0 aliphatic carbocycles. The summed E-state index contributed by atoms with van der Waals surface area (Å²) in [6.45, 7) is 2.50. The molecule has 0 spiro atoms. The number of hydrogen-bond donors (Lipinski definition) is 0. The van der Waals surface area contributed by atoms with E-state index < -0.39 is 10.7 Å². The number of methoxy groups -OCH3 is 1. The van der Waals surface area contributed by atoms with Crippen molar-refractivity contribution >= 4 is 17.3 Å². The van der Waals surface area contributed by atoms with E-state index in [1.54, 1.807) is 11.8 Å². The summed E-state index contributed by atoms with van der Waals surface area (Å²) in [4.78, 5) is 23.9. The van der Waals surface area contributed by atoms with Crippen LogP contribution in [-0.2, 0) is 9.53 Å². The largest absolute Gasteiger partial charge is 0.469 e. The SMILES string of the molecule is COC(=O)C1CCCN(c2cc(C)c(F)cc2[N+](=O)[O-])C1. The molecule has 0 aromatic heterocycles. The molecular formula is C14H17FN2O4. The molecule has 1 unspecified atom stereocenters. The maximum absolute atomic E-state index is 13.5. The number of ether oxygens (including phenoxy) is 1. The number of carbonyl (C=O) groups excluding carboxylic acids is 1. The van der Waals surface area contributed by atoms with Gasteiger partial charge in [-0.05, 0) is 31.4 Å². The quantitative estimate of drug-likeness (QED) is 0.486. The summed E-state index contributed by atoms with van der Waals surface area (Å²) in [5.41, 5.74) is 0.423. The van der Waals surface area contributed by atoms with Gasteiger partial charge in [-0.1, -0.05) is 0 Å². The standard InChI is InChI=1S/C14H17FN2O4/c1-9-6-12(13(17(19)20)7-11(9)15)16-5-3-4-10(8-16)14(18)21-2/h6-7,10H,3-5,8H2,1-2H3. The van der Waals surface area contributed by atoms with Gasteiger partial charge in [-0.25, -0.2) is 4.39 Å². The Morgan fingerprint density at radius 2 is 2.24 bits per heavy atom. The number of esters is 1. The Morgan fingerprint density at radius 3 is 2.86 bits per heavy atom. The van der Waals surface area contributed by atoms with E-state index in [-0.39, 0.29) is 17.6 Å². The van der Waals surface area contributed by atoms with Crippen LogP contribution >= 0.6 is 0 Å². The van der Waals surface area contributed by atoms with E-state index in [2.05, 4.69) is 0 Å². The first-order valence-corrected chi connectivity index (χ1v) is 6.71. The second-order valence-electron chi connectivity index (χ2n) is 5.16. The number of nitro groups is 1. The lowest BCUT2D eigenvalue weighted by Crippen LogP contribution is -2.39. The fourth-order valence-corrected chi connectivity index (χ4v) is 2.61. The molecule has 0 bridgehead atoms. The van der Waals surface area contributed by atoms with Gasteiger partial charge < -0.3 is 9.64 Å². The molecule has 21 heavy (non-hydrogen) atoms. The predicted octanol–water partition coefficient (Wildman–Crippen LogP) is 2.43. The van der Waals surface area contributed by atoms with Crippen molar-refractivity contribution in [1.82, 2.24) is 0 Å². The number of piperidine rings is 1. The molecule has 1 fully saturated rings. The van der Waals surface area contributed by atoms with Crippen LogP contribution in [0.4, 0.5) is 15.8 Å². The van der Waals surface area contributed by atoms with Gasteiger partial charge in [0.1, 0.15) is 11.5 Å². The topological polar surface area (TPSA) is 72.7 Å². The molecule has 1 aliphatic heterocycles. The van der Waals surface area contributed by atoms with Gasteiger partial charge in [0.15, 0.2) is 0 Å². The Kier molecular flexibility index (Phi) is 4.40. The van der Waals surface area contributed by atoms with Crippen molar-refractivity contribution < 1.29 is 18.8 Å². The van der Waals surface area contributed by atoms with Crippen LogP contribution < -0.4 is 4.90 Å². The fraction of sp³-hybridized carbons (Fsp3) is 0.500. The summed E-state index contributed by atoms with van der Waals surface area (Å²) >= 11 is 0. The van der Waals surface area contributed by atoms with Crippen molar-refractivity contribution in [3.8, 4) is 0 Å². The molecule has 1 aromatic rings. The van der Waals surface area contributed by atoms with Gasteiger partial charge in [-0.15, -0.1) is 0 Å². The molecule has 0 radical (unpaired) electrons. The Bertz CT molecular complexity index is 576. The van der Waals surface area contributed by atoms with Crippen LogP contribution in [0.3, 0.4) is 0 Å². The first kappa shape index (κ1) is 15.2. The highest BCUT2D eigenvalue weighted by Gasteiger charge is 2.30. The third-order valence-corrected chi connectivity index (χ3v) is 3.75. The van der Waals surface area contributed by atoms with E-state index in [0.717, 1.165) is 12.5 Å². The van der Waals surface area contributed by atoms with Crippen molar-refractivity contribution in [3.63, 3.8) is 0 Å². The molecule has 1 heterocycles. The average Bonchev–Trinajstić information content (AvgIpc) is 2.48. The second-order valence-corrected chi connectivity index (χ2v) is 5.16. The normalized spacial score (nSPS) is 18.4. The highest BCUT2D eigenvalue weighted by atomic mass is 19.1. The molecule has 1 aromatic carbocycles. The van der Waals surface area contributed by atoms with Crippen LogP contribution in [0, 0.1) is 28.8 Å². The summed E-state index contributed by atoms with van der Waals surface area (Å²) in [6, 6.07) is 2.40. The van der Waals surface area contributed by atoms with Crippen LogP contribution in [0.15, 0.2) is 12.1 Å². The van der Waals surface area contributed by atoms with Crippen molar-refractivity contribution in [1.29, 1.82) is 0 Å². The van der Waals surface area contributed by atoms with Crippen LogP contribution in [0.2, 0.25) is 0 Å². The fourth-order valence-electron chi connectivity index (χ4n) is 2.61. The van der Waals surface area contributed by atoms with E-state index in [4.69, 9.17) is 4.74 Å². The number of rotatable bonds is 3. The zero-order valence-electron chi connectivity index (χ0n) is 12.0. The van der Waals surface area contributed by atoms with E-state index in [0.29, 0.717) is 30.8 Å². The minimum atomic E-state index is -0.605. The van der Waals surface area contributed by atoms with Gasteiger partial charge in [-0.3, -0.25) is 14.9 Å². The summed E-state index contributed by atoms with van der Waals surface area (Å²) in [5, 5.41) is 11.1. The number of benzene rings is 1. The van der Waals surface area contributed by atoms with Gasteiger partial charge in [-0.2, -0.15) is 0 Å². The van der Waals surface area contributed by atoms with Gasteiger partial charge in [0, 0.05) is 13.1 Å². The lowest BCUT2D eigenvalue weighted by molar-refractivity contribution is -0.384. The predicted molar refractivity (Wildman–Crippen MR) is 74.7 cm³/mol. The van der Waals surface area contributed by atoms with Crippen LogP contribution in [-0.4, -0.2) is 31.1 Å². The zero-order chi connectivity index (χ0) is 15.6. The number of carbonyl (C=O) groups is 1. The molecule has 114 valence electrons. The molecule has 1 saturated heterocycles. The molecule has 1 aliphatic rings. The highest BCUT2D eigenvalue weighted by Crippen LogP contribution is 2.33. The number of nitrogens with zero attached hydrogens (tertiary/aromatic N) is 2. The number of aryl methyl sites for hydroxylation is 1. The molecule has 2 rings (SSSR count). The highest BCUT2D eigenvalue weighted by molar-refractivity contribution is 5.74. The van der Waals surface area contributed by atoms with E-state index in [1.165, 1.54) is 13.2 Å². The first-order chi connectivity index (χ1) is 9.93. The van der Waals surface area contributed by atoms with Crippen molar-refractivity contribution in [3.05, 3.63) is 33.6 Å². The third kappa shape index (κ3) is 3.12. The second kappa shape index (κ2) is 6.07. The molecule has 6 nitrogen and oxygen atoms in total. The van der Waals surface area contributed by atoms with Crippen LogP contribution in [0.25, 0.3) is 0 Å². The third-order valence-electron chi connectivity index (χ3n) is 3.75.